The van der Waals surface area contributed by atoms with Crippen LogP contribution in [-0.2, 0) is 30.7 Å². The van der Waals surface area contributed by atoms with Crippen LogP contribution < -0.4 is 0 Å². The summed E-state index contributed by atoms with van der Waals surface area (Å²) in [7, 11) is 0. The van der Waals surface area contributed by atoms with E-state index >= 15 is 0 Å². The molecular formula is C46H62Cl2Zr-4. The molecule has 2 aromatic rings. The molecule has 0 amide bonds. The zero-order valence-electron chi connectivity index (χ0n) is 31.8. The standard InChI is InChI=1S/C29H37.C7H7.C5H5.C4H9.CH2.2ClH.Zr/c1-18-25-22-17-19-13-9-10-14-20(19)24(22)21-15-11-12-16-23(21)29(25,8)28(6,7)27(4,5)26(18,2)3;1-7-5-3-2-4-6-7;1-2-4-5-3-1;1-3-4-2;;;;/h9-11,13-15,23H,12,16-17H2,1-8H3;2-6H,1H2;1-3H,4H2;1,3-4H2,2H3;1H2;2*1H;/q4*-1;;;;. The van der Waals surface area contributed by atoms with Gasteiger partial charge in [-0.3, -0.25) is 6.08 Å². The van der Waals surface area contributed by atoms with Crippen LogP contribution in [0.2, 0.25) is 0 Å². The first-order chi connectivity index (χ1) is 22.3. The molecule has 0 nitrogen and oxygen atoms in total. The van der Waals surface area contributed by atoms with Crippen LogP contribution in [0.25, 0.3) is 5.57 Å². The Balaban J connectivity index is 0.000000494. The van der Waals surface area contributed by atoms with Gasteiger partial charge in [0.2, 0.25) is 0 Å². The average molecular weight is 777 g/mol. The minimum absolute atomic E-state index is 0. The summed E-state index contributed by atoms with van der Waals surface area (Å²) >= 11 is 1.30. The Morgan fingerprint density at radius 2 is 1.49 bits per heavy atom. The number of allylic oxidation sites excluding steroid dienone is 10. The monoisotopic (exact) mass is 774 g/mol. The second-order valence-corrected chi connectivity index (χ2v) is 15.1. The Hall–Kier alpha value is -1.79. The fourth-order valence-electron chi connectivity index (χ4n) is 8.39. The molecule has 1 saturated carbocycles. The van der Waals surface area contributed by atoms with Crippen molar-refractivity contribution in [3.8, 4) is 0 Å². The van der Waals surface area contributed by atoms with Crippen LogP contribution in [-0.4, -0.2) is 4.21 Å². The quantitative estimate of drug-likeness (QED) is 0.253. The number of hydrogen-bond donors (Lipinski definition) is 0. The van der Waals surface area contributed by atoms with Gasteiger partial charge in [-0.25, -0.2) is 18.1 Å². The molecule has 3 heteroatoms. The van der Waals surface area contributed by atoms with Crippen LogP contribution in [0.1, 0.15) is 111 Å². The van der Waals surface area contributed by atoms with E-state index in [0.717, 1.165) is 24.8 Å². The van der Waals surface area contributed by atoms with E-state index in [2.05, 4.69) is 129 Å². The molecule has 0 spiro atoms. The van der Waals surface area contributed by atoms with Gasteiger partial charge in [0.15, 0.2) is 0 Å². The van der Waals surface area contributed by atoms with Gasteiger partial charge >= 0.3 is 28.4 Å². The molecule has 7 rings (SSSR count). The average Bonchev–Trinajstić information content (AvgIpc) is 3.78. The van der Waals surface area contributed by atoms with Crippen LogP contribution in [0, 0.1) is 53.4 Å². The first kappa shape index (κ1) is 45.2. The van der Waals surface area contributed by atoms with Gasteiger partial charge in [-0.2, -0.15) is 48.3 Å². The summed E-state index contributed by atoms with van der Waals surface area (Å²) in [4.78, 5) is 0. The fourth-order valence-corrected chi connectivity index (χ4v) is 8.39. The number of unbranched alkanes of at least 4 members (excludes halogenated alkanes) is 1. The number of halogens is 2. The zero-order valence-corrected chi connectivity index (χ0v) is 35.9. The van der Waals surface area contributed by atoms with Crippen molar-refractivity contribution in [3.05, 3.63) is 144 Å². The molecule has 49 heavy (non-hydrogen) atoms. The van der Waals surface area contributed by atoms with E-state index in [1.165, 1.54) is 54.6 Å². The molecule has 0 radical (unpaired) electrons. The molecule has 2 unspecified atom stereocenters. The van der Waals surface area contributed by atoms with Crippen molar-refractivity contribution in [2.45, 2.75) is 101 Å². The van der Waals surface area contributed by atoms with Crippen LogP contribution in [0.5, 0.6) is 0 Å². The molecule has 0 N–H and O–H groups in total. The Morgan fingerprint density at radius 3 is 1.98 bits per heavy atom. The number of hydrogen-bond acceptors (Lipinski definition) is 0. The summed E-state index contributed by atoms with van der Waals surface area (Å²) in [5, 5.41) is 0. The summed E-state index contributed by atoms with van der Waals surface area (Å²) in [6, 6.07) is 19.0. The van der Waals surface area contributed by atoms with E-state index in [4.69, 9.17) is 0 Å². The van der Waals surface area contributed by atoms with E-state index in [0.29, 0.717) is 5.92 Å². The van der Waals surface area contributed by atoms with Crippen molar-refractivity contribution in [3.63, 3.8) is 0 Å². The van der Waals surface area contributed by atoms with E-state index in [9.17, 15) is 0 Å². The number of benzene rings is 2. The molecule has 0 aromatic heterocycles. The van der Waals surface area contributed by atoms with Gasteiger partial charge in [0.25, 0.3) is 0 Å². The molecule has 0 saturated heterocycles. The summed E-state index contributed by atoms with van der Waals surface area (Å²) in [5.74, 6) is 2.24. The molecule has 0 heterocycles. The molecule has 268 valence electrons. The van der Waals surface area contributed by atoms with Gasteiger partial charge in [-0.15, -0.1) is 50.3 Å². The summed E-state index contributed by atoms with van der Waals surface area (Å²) in [5.41, 5.74) is 11.4. The zero-order chi connectivity index (χ0) is 35.0. The predicted molar refractivity (Wildman–Crippen MR) is 219 cm³/mol. The maximum absolute atomic E-state index is 3.72. The van der Waals surface area contributed by atoms with E-state index in [1.54, 1.807) is 28.2 Å². The van der Waals surface area contributed by atoms with E-state index in [-0.39, 0.29) is 46.5 Å². The van der Waals surface area contributed by atoms with Crippen LogP contribution in [0.3, 0.4) is 0 Å². The van der Waals surface area contributed by atoms with Gasteiger partial charge in [-0.1, -0.05) is 133 Å². The predicted octanol–water partition coefficient (Wildman–Crippen LogP) is 13.6. The Kier molecular flexibility index (Phi) is 17.7. The van der Waals surface area contributed by atoms with Crippen molar-refractivity contribution in [2.75, 3.05) is 0 Å². The van der Waals surface area contributed by atoms with Gasteiger partial charge in [0.1, 0.15) is 0 Å². The molecule has 1 fully saturated rings. The third-order valence-corrected chi connectivity index (χ3v) is 12.6. The SMILES string of the molecule is C[C-]1C2=C3Cc4ccccc4C3=C3C=CCCC3C2(C)C(C)(C)C(C)(C)C1(C)C.Cl.Cl.[C-]1=CC=CC1.[CH2-]CCC.[CH2-]c1ccccc1.[CH2]=[Zr]. The van der Waals surface area contributed by atoms with Crippen molar-refractivity contribution >= 4 is 34.6 Å². The van der Waals surface area contributed by atoms with Gasteiger partial charge in [0.05, 0.1) is 0 Å². The topological polar surface area (TPSA) is 0 Å². The van der Waals surface area contributed by atoms with Crippen LogP contribution in [0.4, 0.5) is 0 Å². The number of fused-ring (bicyclic) bond motifs is 6. The molecule has 0 aliphatic heterocycles. The van der Waals surface area contributed by atoms with E-state index in [1.807, 2.05) is 42.5 Å². The van der Waals surface area contributed by atoms with Gasteiger partial charge in [-0.05, 0) is 40.6 Å². The molecule has 2 aromatic carbocycles. The first-order valence-electron chi connectivity index (χ1n) is 17.6. The molecular weight excluding hydrogens is 715 g/mol. The molecule has 5 aliphatic carbocycles. The van der Waals surface area contributed by atoms with Crippen molar-refractivity contribution in [1.29, 1.82) is 0 Å². The number of rotatable bonds is 1. The van der Waals surface area contributed by atoms with Crippen molar-refractivity contribution < 1.29 is 24.2 Å². The van der Waals surface area contributed by atoms with Gasteiger partial charge < -0.3 is 6.92 Å². The Bertz CT molecular complexity index is 1490. The Morgan fingerprint density at radius 1 is 0.898 bits per heavy atom. The molecule has 2 atom stereocenters. The Labute approximate surface area is 329 Å². The van der Waals surface area contributed by atoms with Crippen LogP contribution >= 0.6 is 24.8 Å². The van der Waals surface area contributed by atoms with Gasteiger partial charge in [0, 0.05) is 0 Å². The molecule has 0 bridgehead atoms. The summed E-state index contributed by atoms with van der Waals surface area (Å²) in [6.45, 7) is 29.7. The third-order valence-electron chi connectivity index (χ3n) is 12.6. The summed E-state index contributed by atoms with van der Waals surface area (Å²) in [6.07, 6.45) is 20.8. The van der Waals surface area contributed by atoms with E-state index < -0.39 is 0 Å². The van der Waals surface area contributed by atoms with Crippen molar-refractivity contribution in [1.82, 2.24) is 0 Å². The normalized spacial score (nSPS) is 23.4. The third kappa shape index (κ3) is 8.48. The second-order valence-electron chi connectivity index (χ2n) is 15.1. The molecule has 5 aliphatic rings. The minimum atomic E-state index is 0. The maximum atomic E-state index is 3.72. The fraction of sp³-hybridized carbons (Fsp3) is 0.435. The summed E-state index contributed by atoms with van der Waals surface area (Å²) < 4.78 is 3.34. The first-order valence-corrected chi connectivity index (χ1v) is 19.3. The van der Waals surface area contributed by atoms with Crippen molar-refractivity contribution in [2.24, 2.45) is 27.6 Å². The second kappa shape index (κ2) is 19.2. The van der Waals surface area contributed by atoms with Crippen LogP contribution in [0.15, 0.2) is 102 Å².